The number of amides is 1. The largest absolute Gasteiger partial charge is 0.573 e. The molecule has 0 aliphatic heterocycles. The average Bonchev–Trinajstić information content (AvgIpc) is 2.36. The zero-order chi connectivity index (χ0) is 16.3. The van der Waals surface area contributed by atoms with Gasteiger partial charge in [-0.3, -0.25) is 4.79 Å². The van der Waals surface area contributed by atoms with E-state index >= 15 is 0 Å². The van der Waals surface area contributed by atoms with Crippen LogP contribution in [0.4, 0.5) is 13.2 Å². The Morgan fingerprint density at radius 2 is 2.00 bits per heavy atom. The number of ether oxygens (including phenoxy) is 1. The van der Waals surface area contributed by atoms with Crippen molar-refractivity contribution in [2.24, 2.45) is 11.7 Å². The standard InChI is InChI=1S/C14H19F3N2O2/c1-9(2)13(3,8-18)19-12(20)10-5-4-6-11(7-10)21-14(15,16)17/h4-7,9H,8,18H2,1-3H3,(H,19,20). The van der Waals surface area contributed by atoms with Gasteiger partial charge in [-0.2, -0.15) is 0 Å². The average molecular weight is 304 g/mol. The lowest BCUT2D eigenvalue weighted by atomic mass is 9.88. The first-order chi connectivity index (χ1) is 9.57. The van der Waals surface area contributed by atoms with Crippen LogP contribution in [0.3, 0.4) is 0 Å². The molecule has 1 rings (SSSR count). The quantitative estimate of drug-likeness (QED) is 0.879. The van der Waals surface area contributed by atoms with Crippen LogP contribution in [0.15, 0.2) is 24.3 Å². The van der Waals surface area contributed by atoms with Crippen LogP contribution in [0.25, 0.3) is 0 Å². The fourth-order valence-electron chi connectivity index (χ4n) is 1.60. The molecule has 4 nitrogen and oxygen atoms in total. The van der Waals surface area contributed by atoms with Crippen molar-refractivity contribution in [2.75, 3.05) is 6.54 Å². The number of halogens is 3. The van der Waals surface area contributed by atoms with Crippen molar-refractivity contribution in [3.63, 3.8) is 0 Å². The van der Waals surface area contributed by atoms with Crippen LogP contribution in [0.1, 0.15) is 31.1 Å². The second-order valence-electron chi connectivity index (χ2n) is 5.31. The highest BCUT2D eigenvalue weighted by Gasteiger charge is 2.32. The molecule has 118 valence electrons. The molecule has 0 heterocycles. The molecule has 3 N–H and O–H groups in total. The van der Waals surface area contributed by atoms with Gasteiger partial charge in [-0.05, 0) is 31.0 Å². The number of carbonyl (C=O) groups excluding carboxylic acids is 1. The Labute approximate surface area is 121 Å². The van der Waals surface area contributed by atoms with Crippen LogP contribution in [0.5, 0.6) is 5.75 Å². The van der Waals surface area contributed by atoms with Gasteiger partial charge in [0.05, 0.1) is 5.54 Å². The molecule has 0 aliphatic carbocycles. The number of carbonyl (C=O) groups is 1. The first-order valence-electron chi connectivity index (χ1n) is 6.46. The number of hydrogen-bond acceptors (Lipinski definition) is 3. The van der Waals surface area contributed by atoms with E-state index in [1.54, 1.807) is 6.92 Å². The van der Waals surface area contributed by atoms with E-state index in [0.29, 0.717) is 0 Å². The minimum Gasteiger partial charge on any atom is -0.406 e. The first kappa shape index (κ1) is 17.3. The highest BCUT2D eigenvalue weighted by molar-refractivity contribution is 5.95. The van der Waals surface area contributed by atoms with E-state index < -0.39 is 23.6 Å². The van der Waals surface area contributed by atoms with E-state index in [1.165, 1.54) is 12.1 Å². The predicted molar refractivity (Wildman–Crippen MR) is 72.9 cm³/mol. The molecule has 0 saturated carbocycles. The van der Waals surface area contributed by atoms with E-state index in [2.05, 4.69) is 10.1 Å². The summed E-state index contributed by atoms with van der Waals surface area (Å²) in [5.41, 5.74) is 5.10. The number of hydrogen-bond donors (Lipinski definition) is 2. The van der Waals surface area contributed by atoms with Gasteiger partial charge in [-0.15, -0.1) is 13.2 Å². The van der Waals surface area contributed by atoms with Gasteiger partial charge in [0.2, 0.25) is 0 Å². The molecule has 1 unspecified atom stereocenters. The third kappa shape index (κ3) is 4.93. The van der Waals surface area contributed by atoms with E-state index in [9.17, 15) is 18.0 Å². The van der Waals surface area contributed by atoms with Crippen LogP contribution >= 0.6 is 0 Å². The van der Waals surface area contributed by atoms with Gasteiger partial charge in [0.25, 0.3) is 5.91 Å². The summed E-state index contributed by atoms with van der Waals surface area (Å²) in [6.45, 7) is 5.80. The normalized spacial score (nSPS) is 14.7. The summed E-state index contributed by atoms with van der Waals surface area (Å²) in [4.78, 5) is 12.1. The molecule has 1 amide bonds. The van der Waals surface area contributed by atoms with Gasteiger partial charge in [-0.1, -0.05) is 19.9 Å². The monoisotopic (exact) mass is 304 g/mol. The van der Waals surface area contributed by atoms with Gasteiger partial charge >= 0.3 is 6.36 Å². The smallest absolute Gasteiger partial charge is 0.406 e. The molecule has 1 aromatic rings. The topological polar surface area (TPSA) is 64.3 Å². The van der Waals surface area contributed by atoms with Crippen molar-refractivity contribution in [3.05, 3.63) is 29.8 Å². The lowest BCUT2D eigenvalue weighted by Gasteiger charge is -2.33. The third-order valence-electron chi connectivity index (χ3n) is 3.43. The number of benzene rings is 1. The first-order valence-corrected chi connectivity index (χ1v) is 6.46. The van der Waals surface area contributed by atoms with Crippen molar-refractivity contribution >= 4 is 5.91 Å². The molecule has 0 saturated heterocycles. The summed E-state index contributed by atoms with van der Waals surface area (Å²) < 4.78 is 40.3. The van der Waals surface area contributed by atoms with Gasteiger partial charge in [0, 0.05) is 12.1 Å². The molecule has 0 bridgehead atoms. The molecule has 7 heteroatoms. The Hall–Kier alpha value is -1.76. The Morgan fingerprint density at radius 3 is 2.48 bits per heavy atom. The van der Waals surface area contributed by atoms with Crippen LogP contribution in [0, 0.1) is 5.92 Å². The molecule has 0 spiro atoms. The zero-order valence-corrected chi connectivity index (χ0v) is 12.1. The molecular formula is C14H19F3N2O2. The highest BCUT2D eigenvalue weighted by Crippen LogP contribution is 2.24. The maximum atomic E-state index is 12.2. The lowest BCUT2D eigenvalue weighted by Crippen LogP contribution is -2.55. The summed E-state index contributed by atoms with van der Waals surface area (Å²) in [5, 5.41) is 2.75. The number of nitrogens with two attached hydrogens (primary N) is 1. The Morgan fingerprint density at radius 1 is 1.38 bits per heavy atom. The number of rotatable bonds is 5. The maximum Gasteiger partial charge on any atom is 0.573 e. The fraction of sp³-hybridized carbons (Fsp3) is 0.500. The second kappa shape index (κ2) is 6.34. The molecule has 0 aromatic heterocycles. The zero-order valence-electron chi connectivity index (χ0n) is 12.1. The predicted octanol–water partition coefficient (Wildman–Crippen LogP) is 2.69. The fourth-order valence-corrected chi connectivity index (χ4v) is 1.60. The second-order valence-corrected chi connectivity index (χ2v) is 5.31. The Balaban J connectivity index is 2.91. The molecular weight excluding hydrogens is 285 g/mol. The van der Waals surface area contributed by atoms with Crippen molar-refractivity contribution in [2.45, 2.75) is 32.7 Å². The van der Waals surface area contributed by atoms with Crippen LogP contribution < -0.4 is 15.8 Å². The molecule has 1 aromatic carbocycles. The van der Waals surface area contributed by atoms with Crippen LogP contribution in [0.2, 0.25) is 0 Å². The van der Waals surface area contributed by atoms with E-state index in [-0.39, 0.29) is 18.0 Å². The van der Waals surface area contributed by atoms with Crippen molar-refractivity contribution in [1.29, 1.82) is 0 Å². The summed E-state index contributed by atoms with van der Waals surface area (Å²) in [5.74, 6) is -0.862. The minimum atomic E-state index is -4.79. The maximum absolute atomic E-state index is 12.2. The summed E-state index contributed by atoms with van der Waals surface area (Å²) in [6.07, 6.45) is -4.79. The molecule has 0 fully saturated rings. The van der Waals surface area contributed by atoms with Crippen molar-refractivity contribution in [3.8, 4) is 5.75 Å². The van der Waals surface area contributed by atoms with E-state index in [0.717, 1.165) is 12.1 Å². The third-order valence-corrected chi connectivity index (χ3v) is 3.43. The molecule has 0 aliphatic rings. The summed E-state index contributed by atoms with van der Waals surface area (Å²) in [6, 6.07) is 4.91. The van der Waals surface area contributed by atoms with Crippen LogP contribution in [-0.2, 0) is 0 Å². The highest BCUT2D eigenvalue weighted by atomic mass is 19.4. The van der Waals surface area contributed by atoms with Gasteiger partial charge in [0.1, 0.15) is 5.75 Å². The molecule has 1 atom stereocenters. The van der Waals surface area contributed by atoms with Crippen LogP contribution in [-0.4, -0.2) is 24.4 Å². The minimum absolute atomic E-state index is 0.0704. The van der Waals surface area contributed by atoms with Gasteiger partial charge in [0.15, 0.2) is 0 Å². The Kier molecular flexibility index (Phi) is 5.22. The summed E-state index contributed by atoms with van der Waals surface area (Å²) in [7, 11) is 0. The van der Waals surface area contributed by atoms with Crippen molar-refractivity contribution in [1.82, 2.24) is 5.32 Å². The summed E-state index contributed by atoms with van der Waals surface area (Å²) >= 11 is 0. The van der Waals surface area contributed by atoms with E-state index in [1.807, 2.05) is 13.8 Å². The SMILES string of the molecule is CC(C)C(C)(CN)NC(=O)c1cccc(OC(F)(F)F)c1. The lowest BCUT2D eigenvalue weighted by molar-refractivity contribution is -0.274. The van der Waals surface area contributed by atoms with Gasteiger partial charge < -0.3 is 15.8 Å². The Bertz CT molecular complexity index is 503. The number of alkyl halides is 3. The molecule has 0 radical (unpaired) electrons. The van der Waals surface area contributed by atoms with E-state index in [4.69, 9.17) is 5.73 Å². The van der Waals surface area contributed by atoms with Crippen molar-refractivity contribution < 1.29 is 22.7 Å². The van der Waals surface area contributed by atoms with Gasteiger partial charge in [-0.25, -0.2) is 0 Å². The number of nitrogens with one attached hydrogen (secondary N) is 1. The molecule has 21 heavy (non-hydrogen) atoms.